The van der Waals surface area contributed by atoms with Crippen molar-refractivity contribution in [1.29, 1.82) is 0 Å². The Morgan fingerprint density at radius 1 is 1.63 bits per heavy atom. The second-order valence-corrected chi connectivity index (χ2v) is 5.12. The van der Waals surface area contributed by atoms with E-state index in [-0.39, 0.29) is 23.8 Å². The molecular formula is C14H22N2O3. The molecule has 1 aliphatic heterocycles. The summed E-state index contributed by atoms with van der Waals surface area (Å²) in [5, 5.41) is 4.34. The maximum Gasteiger partial charge on any atom is 0.309 e. The summed E-state index contributed by atoms with van der Waals surface area (Å²) in [6.07, 6.45) is 2.50. The molecule has 1 aliphatic rings. The normalized spacial score (nSPS) is 23.6. The van der Waals surface area contributed by atoms with Crippen LogP contribution in [0.15, 0.2) is 12.3 Å². The first-order chi connectivity index (χ1) is 9.15. The van der Waals surface area contributed by atoms with Gasteiger partial charge in [0.25, 0.3) is 0 Å². The molecule has 1 aromatic rings. The monoisotopic (exact) mass is 266 g/mol. The van der Waals surface area contributed by atoms with E-state index in [0.29, 0.717) is 26.2 Å². The molecule has 0 aliphatic carbocycles. The summed E-state index contributed by atoms with van der Waals surface area (Å²) in [4.78, 5) is 12.1. The highest BCUT2D eigenvalue weighted by atomic mass is 16.5. The molecule has 0 N–H and O–H groups in total. The van der Waals surface area contributed by atoms with Gasteiger partial charge in [0.2, 0.25) is 0 Å². The van der Waals surface area contributed by atoms with Gasteiger partial charge in [-0.1, -0.05) is 0 Å². The summed E-state index contributed by atoms with van der Waals surface area (Å²) in [6.45, 7) is 7.60. The predicted octanol–water partition coefficient (Wildman–Crippen LogP) is 2.15. The van der Waals surface area contributed by atoms with Crippen LogP contribution in [0.1, 0.15) is 44.8 Å². The zero-order chi connectivity index (χ0) is 13.8. The fourth-order valence-electron chi connectivity index (χ4n) is 2.61. The lowest BCUT2D eigenvalue weighted by molar-refractivity contribution is -0.152. The molecule has 1 fully saturated rings. The summed E-state index contributed by atoms with van der Waals surface area (Å²) in [7, 11) is 0. The summed E-state index contributed by atoms with van der Waals surface area (Å²) in [5.74, 6) is -0.201. The number of hydrogen-bond donors (Lipinski definition) is 0. The van der Waals surface area contributed by atoms with Crippen LogP contribution in [0.2, 0.25) is 0 Å². The van der Waals surface area contributed by atoms with Crippen LogP contribution in [0.5, 0.6) is 0 Å². The molecule has 0 radical (unpaired) electrons. The number of aromatic nitrogens is 2. The fourth-order valence-corrected chi connectivity index (χ4v) is 2.61. The second-order valence-electron chi connectivity index (χ2n) is 5.12. The number of rotatable bonds is 4. The molecule has 5 heteroatoms. The van der Waals surface area contributed by atoms with Crippen molar-refractivity contribution in [3.05, 3.63) is 18.0 Å². The Hall–Kier alpha value is -1.36. The smallest absolute Gasteiger partial charge is 0.309 e. The van der Waals surface area contributed by atoms with Gasteiger partial charge < -0.3 is 9.47 Å². The van der Waals surface area contributed by atoms with E-state index in [2.05, 4.69) is 18.9 Å². The molecule has 2 heterocycles. The standard InChI is InChI=1S/C14H22N2O3/c1-4-19-14(17)11-6-8-18-9-12(11)13-5-7-15-16(13)10(2)3/h5,7,10-12H,4,6,8-9H2,1-3H3. The van der Waals surface area contributed by atoms with Crippen molar-refractivity contribution in [2.45, 2.75) is 39.2 Å². The molecule has 0 spiro atoms. The van der Waals surface area contributed by atoms with Gasteiger partial charge in [0.1, 0.15) is 0 Å². The van der Waals surface area contributed by atoms with Crippen LogP contribution in [0.3, 0.4) is 0 Å². The third-order valence-corrected chi connectivity index (χ3v) is 3.52. The molecule has 2 rings (SSSR count). The molecule has 0 saturated carbocycles. The fraction of sp³-hybridized carbons (Fsp3) is 0.714. The molecule has 2 atom stereocenters. The molecule has 0 aromatic carbocycles. The van der Waals surface area contributed by atoms with Crippen LogP contribution in [0.25, 0.3) is 0 Å². The SMILES string of the molecule is CCOC(=O)C1CCOCC1c1ccnn1C(C)C. The van der Waals surface area contributed by atoms with E-state index < -0.39 is 0 Å². The molecule has 1 aromatic heterocycles. The highest BCUT2D eigenvalue weighted by Gasteiger charge is 2.35. The van der Waals surface area contributed by atoms with E-state index in [1.54, 1.807) is 6.20 Å². The number of carbonyl (C=O) groups excluding carboxylic acids is 1. The Kier molecular flexibility index (Phi) is 4.58. The molecule has 1 saturated heterocycles. The van der Waals surface area contributed by atoms with E-state index in [4.69, 9.17) is 9.47 Å². The lowest BCUT2D eigenvalue weighted by Crippen LogP contribution is -2.34. The quantitative estimate of drug-likeness (QED) is 0.784. The number of esters is 1. The number of carbonyl (C=O) groups is 1. The Balaban J connectivity index is 2.23. The van der Waals surface area contributed by atoms with Crippen LogP contribution < -0.4 is 0 Å². The summed E-state index contributed by atoms with van der Waals surface area (Å²) < 4.78 is 12.7. The topological polar surface area (TPSA) is 53.4 Å². The molecule has 0 amide bonds. The maximum absolute atomic E-state index is 12.1. The molecule has 2 unspecified atom stereocenters. The highest BCUT2D eigenvalue weighted by Crippen LogP contribution is 2.33. The van der Waals surface area contributed by atoms with Crippen molar-refractivity contribution in [2.24, 2.45) is 5.92 Å². The maximum atomic E-state index is 12.1. The Bertz CT molecular complexity index is 428. The third-order valence-electron chi connectivity index (χ3n) is 3.52. The van der Waals surface area contributed by atoms with Crippen LogP contribution in [-0.4, -0.2) is 35.6 Å². The van der Waals surface area contributed by atoms with Gasteiger partial charge in [-0.15, -0.1) is 0 Å². The van der Waals surface area contributed by atoms with Gasteiger partial charge in [0, 0.05) is 30.5 Å². The highest BCUT2D eigenvalue weighted by molar-refractivity contribution is 5.73. The van der Waals surface area contributed by atoms with Crippen molar-refractivity contribution < 1.29 is 14.3 Å². The second kappa shape index (κ2) is 6.19. The molecule has 106 valence electrons. The number of ether oxygens (including phenoxy) is 2. The van der Waals surface area contributed by atoms with E-state index >= 15 is 0 Å². The summed E-state index contributed by atoms with van der Waals surface area (Å²) in [6, 6.07) is 2.25. The zero-order valence-corrected chi connectivity index (χ0v) is 11.8. The number of hydrogen-bond acceptors (Lipinski definition) is 4. The Morgan fingerprint density at radius 3 is 3.11 bits per heavy atom. The Labute approximate surface area is 113 Å². The summed E-state index contributed by atoms with van der Waals surface area (Å²) >= 11 is 0. The largest absolute Gasteiger partial charge is 0.466 e. The minimum absolute atomic E-state index is 0.0395. The van der Waals surface area contributed by atoms with Crippen LogP contribution in [0, 0.1) is 5.92 Å². The van der Waals surface area contributed by atoms with Gasteiger partial charge in [-0.25, -0.2) is 0 Å². The average Bonchev–Trinajstić information content (AvgIpc) is 2.88. The van der Waals surface area contributed by atoms with E-state index in [0.717, 1.165) is 5.69 Å². The van der Waals surface area contributed by atoms with E-state index in [9.17, 15) is 4.79 Å². The first kappa shape index (κ1) is 14.1. The molecule has 19 heavy (non-hydrogen) atoms. The van der Waals surface area contributed by atoms with Gasteiger partial charge in [-0.2, -0.15) is 5.10 Å². The van der Waals surface area contributed by atoms with Gasteiger partial charge >= 0.3 is 5.97 Å². The van der Waals surface area contributed by atoms with Gasteiger partial charge in [-0.05, 0) is 33.3 Å². The summed E-state index contributed by atoms with van der Waals surface area (Å²) in [5.41, 5.74) is 1.06. The first-order valence-electron chi connectivity index (χ1n) is 6.93. The van der Waals surface area contributed by atoms with Crippen molar-refractivity contribution >= 4 is 5.97 Å². The van der Waals surface area contributed by atoms with Gasteiger partial charge in [0.05, 0.1) is 19.1 Å². The van der Waals surface area contributed by atoms with E-state index in [1.165, 1.54) is 0 Å². The van der Waals surface area contributed by atoms with Crippen LogP contribution >= 0.6 is 0 Å². The first-order valence-corrected chi connectivity index (χ1v) is 6.93. The minimum Gasteiger partial charge on any atom is -0.466 e. The molecule has 0 bridgehead atoms. The third kappa shape index (κ3) is 2.97. The number of nitrogens with zero attached hydrogens (tertiary/aromatic N) is 2. The van der Waals surface area contributed by atoms with E-state index in [1.807, 2.05) is 17.7 Å². The molecular weight excluding hydrogens is 244 g/mol. The zero-order valence-electron chi connectivity index (χ0n) is 11.8. The van der Waals surface area contributed by atoms with Crippen molar-refractivity contribution in [3.8, 4) is 0 Å². The van der Waals surface area contributed by atoms with Crippen molar-refractivity contribution in [3.63, 3.8) is 0 Å². The molecule has 5 nitrogen and oxygen atoms in total. The van der Waals surface area contributed by atoms with Crippen molar-refractivity contribution in [2.75, 3.05) is 19.8 Å². The van der Waals surface area contributed by atoms with Crippen molar-refractivity contribution in [1.82, 2.24) is 9.78 Å². The van der Waals surface area contributed by atoms with Gasteiger partial charge in [0.15, 0.2) is 0 Å². The van der Waals surface area contributed by atoms with Crippen LogP contribution in [-0.2, 0) is 14.3 Å². The minimum atomic E-state index is -0.122. The van der Waals surface area contributed by atoms with Gasteiger partial charge in [-0.3, -0.25) is 9.48 Å². The van der Waals surface area contributed by atoms with Crippen LogP contribution in [0.4, 0.5) is 0 Å². The lowest BCUT2D eigenvalue weighted by Gasteiger charge is -2.30. The predicted molar refractivity (Wildman–Crippen MR) is 70.9 cm³/mol. The lowest BCUT2D eigenvalue weighted by atomic mass is 9.85. The average molecular weight is 266 g/mol. The Morgan fingerprint density at radius 2 is 2.42 bits per heavy atom.